The number of sulfonamides is 1. The summed E-state index contributed by atoms with van der Waals surface area (Å²) in [7, 11) is -2.05. The van der Waals surface area contributed by atoms with E-state index in [9.17, 15) is 13.2 Å². The van der Waals surface area contributed by atoms with E-state index in [1.165, 1.54) is 12.6 Å². The molecular weight excluding hydrogens is 336 g/mol. The smallest absolute Gasteiger partial charge is 0.240 e. The van der Waals surface area contributed by atoms with E-state index < -0.39 is 10.0 Å². The first-order valence-corrected chi connectivity index (χ1v) is 9.72. The fourth-order valence-corrected chi connectivity index (χ4v) is 3.14. The highest BCUT2D eigenvalue weighted by atomic mass is 32.2. The molecule has 2 aromatic carbocycles. The van der Waals surface area contributed by atoms with Gasteiger partial charge in [-0.15, -0.1) is 0 Å². The molecule has 0 aliphatic heterocycles. The van der Waals surface area contributed by atoms with Crippen LogP contribution in [0.4, 0.5) is 5.69 Å². The van der Waals surface area contributed by atoms with E-state index in [0.29, 0.717) is 18.8 Å². The van der Waals surface area contributed by atoms with Crippen molar-refractivity contribution in [3.8, 4) is 0 Å². The van der Waals surface area contributed by atoms with Crippen LogP contribution in [0.1, 0.15) is 37.3 Å². The van der Waals surface area contributed by atoms with Crippen molar-refractivity contribution < 1.29 is 13.2 Å². The maximum Gasteiger partial charge on any atom is 0.240 e. The third kappa shape index (κ3) is 5.41. The molecule has 0 unspecified atom stereocenters. The Morgan fingerprint density at radius 2 is 1.76 bits per heavy atom. The second kappa shape index (κ2) is 8.27. The fraction of sp³-hybridized carbons (Fsp3) is 0.316. The molecule has 0 aliphatic rings. The number of rotatable bonds is 7. The molecule has 0 spiro atoms. The fourth-order valence-electron chi connectivity index (χ4n) is 2.41. The largest absolute Gasteiger partial charge is 0.326 e. The van der Waals surface area contributed by atoms with Crippen molar-refractivity contribution in [2.75, 3.05) is 12.4 Å². The standard InChI is InChI=1S/C19H24N2O3S/c1-14(2)16-5-4-6-17(13-16)21-19(22)12-9-15-7-10-18(11-8-15)25(23,24)20-3/h4-8,10-11,13-14,20H,9,12H2,1-3H3,(H,21,22). The Morgan fingerprint density at radius 1 is 1.08 bits per heavy atom. The minimum atomic E-state index is -3.43. The van der Waals surface area contributed by atoms with Crippen LogP contribution in [0, 0.1) is 0 Å². The van der Waals surface area contributed by atoms with E-state index in [0.717, 1.165) is 11.3 Å². The number of aryl methyl sites for hydroxylation is 1. The van der Waals surface area contributed by atoms with Gasteiger partial charge >= 0.3 is 0 Å². The minimum Gasteiger partial charge on any atom is -0.326 e. The van der Waals surface area contributed by atoms with Crippen molar-refractivity contribution in [3.63, 3.8) is 0 Å². The molecule has 0 radical (unpaired) electrons. The second-order valence-electron chi connectivity index (χ2n) is 6.18. The first-order valence-electron chi connectivity index (χ1n) is 8.24. The molecule has 0 saturated heterocycles. The SMILES string of the molecule is CNS(=O)(=O)c1ccc(CCC(=O)Nc2cccc(C(C)C)c2)cc1. The summed E-state index contributed by atoms with van der Waals surface area (Å²) in [5.74, 6) is 0.345. The van der Waals surface area contributed by atoms with Gasteiger partial charge in [0.2, 0.25) is 15.9 Å². The summed E-state index contributed by atoms with van der Waals surface area (Å²) >= 11 is 0. The number of hydrogen-bond donors (Lipinski definition) is 2. The van der Waals surface area contributed by atoms with Gasteiger partial charge in [0.25, 0.3) is 0 Å². The normalized spacial score (nSPS) is 11.5. The minimum absolute atomic E-state index is 0.0622. The summed E-state index contributed by atoms with van der Waals surface area (Å²) in [4.78, 5) is 12.3. The van der Waals surface area contributed by atoms with E-state index in [1.807, 2.05) is 24.3 Å². The zero-order valence-corrected chi connectivity index (χ0v) is 15.6. The van der Waals surface area contributed by atoms with Gasteiger partial charge in [-0.25, -0.2) is 13.1 Å². The van der Waals surface area contributed by atoms with Crippen molar-refractivity contribution in [1.82, 2.24) is 4.72 Å². The second-order valence-corrected chi connectivity index (χ2v) is 8.07. The molecule has 2 N–H and O–H groups in total. The van der Waals surface area contributed by atoms with Crippen LogP contribution in [-0.4, -0.2) is 21.4 Å². The summed E-state index contributed by atoms with van der Waals surface area (Å²) in [6.07, 6.45) is 0.889. The molecule has 2 rings (SSSR count). The van der Waals surface area contributed by atoms with Gasteiger partial charge in [0, 0.05) is 12.1 Å². The zero-order chi connectivity index (χ0) is 18.4. The van der Waals surface area contributed by atoms with Gasteiger partial charge in [-0.3, -0.25) is 4.79 Å². The van der Waals surface area contributed by atoms with Gasteiger partial charge in [-0.2, -0.15) is 0 Å². The molecule has 0 saturated carbocycles. The average molecular weight is 360 g/mol. The number of anilines is 1. The molecule has 0 heterocycles. The zero-order valence-electron chi connectivity index (χ0n) is 14.7. The molecule has 0 fully saturated rings. The van der Waals surface area contributed by atoms with Crippen LogP contribution >= 0.6 is 0 Å². The van der Waals surface area contributed by atoms with E-state index in [4.69, 9.17) is 0 Å². The summed E-state index contributed by atoms with van der Waals surface area (Å²) in [5, 5.41) is 2.91. The average Bonchev–Trinajstić information content (AvgIpc) is 2.60. The lowest BCUT2D eigenvalue weighted by Crippen LogP contribution is -2.18. The Balaban J connectivity index is 1.93. The predicted octanol–water partition coefficient (Wildman–Crippen LogP) is 3.29. The lowest BCUT2D eigenvalue weighted by Gasteiger charge is -2.10. The van der Waals surface area contributed by atoms with Crippen LogP contribution in [0.15, 0.2) is 53.4 Å². The molecule has 6 heteroatoms. The van der Waals surface area contributed by atoms with Crippen molar-refractivity contribution >= 4 is 21.6 Å². The van der Waals surface area contributed by atoms with E-state index in [-0.39, 0.29) is 10.8 Å². The highest BCUT2D eigenvalue weighted by Gasteiger charge is 2.11. The topological polar surface area (TPSA) is 75.3 Å². The molecule has 0 bridgehead atoms. The summed E-state index contributed by atoms with van der Waals surface area (Å²) < 4.78 is 25.6. The lowest BCUT2D eigenvalue weighted by molar-refractivity contribution is -0.116. The van der Waals surface area contributed by atoms with E-state index in [2.05, 4.69) is 23.9 Å². The monoisotopic (exact) mass is 360 g/mol. The molecular formula is C19H24N2O3S. The van der Waals surface area contributed by atoms with E-state index >= 15 is 0 Å². The van der Waals surface area contributed by atoms with Gasteiger partial charge in [0.1, 0.15) is 0 Å². The van der Waals surface area contributed by atoms with Gasteiger partial charge in [0.15, 0.2) is 0 Å². The van der Waals surface area contributed by atoms with Gasteiger partial charge in [0.05, 0.1) is 4.90 Å². The maximum atomic E-state index is 12.1. The lowest BCUT2D eigenvalue weighted by atomic mass is 10.0. The Bertz CT molecular complexity index is 828. The Labute approximate surface area is 149 Å². The van der Waals surface area contributed by atoms with Crippen LogP contribution < -0.4 is 10.0 Å². The first-order chi connectivity index (χ1) is 11.8. The molecule has 0 aromatic heterocycles. The van der Waals surface area contributed by atoms with Crippen molar-refractivity contribution in [2.24, 2.45) is 0 Å². The number of benzene rings is 2. The molecule has 0 aliphatic carbocycles. The predicted molar refractivity (Wildman–Crippen MR) is 100 cm³/mol. The van der Waals surface area contributed by atoms with Crippen molar-refractivity contribution in [3.05, 3.63) is 59.7 Å². The molecule has 0 atom stereocenters. The maximum absolute atomic E-state index is 12.1. The molecule has 1 amide bonds. The molecule has 2 aromatic rings. The van der Waals surface area contributed by atoms with Crippen LogP contribution in [0.5, 0.6) is 0 Å². The highest BCUT2D eigenvalue weighted by molar-refractivity contribution is 7.89. The van der Waals surface area contributed by atoms with Crippen molar-refractivity contribution in [2.45, 2.75) is 37.5 Å². The van der Waals surface area contributed by atoms with Crippen LogP contribution in [-0.2, 0) is 21.2 Å². The van der Waals surface area contributed by atoms with Gasteiger partial charge < -0.3 is 5.32 Å². The summed E-state index contributed by atoms with van der Waals surface area (Å²) in [6, 6.07) is 14.4. The van der Waals surface area contributed by atoms with Crippen LogP contribution in [0.3, 0.4) is 0 Å². The molecule has 25 heavy (non-hydrogen) atoms. The Hall–Kier alpha value is -2.18. The number of carbonyl (C=O) groups excluding carboxylic acids is 1. The number of amides is 1. The van der Waals surface area contributed by atoms with Crippen molar-refractivity contribution in [1.29, 1.82) is 0 Å². The van der Waals surface area contributed by atoms with E-state index in [1.54, 1.807) is 24.3 Å². The quantitative estimate of drug-likeness (QED) is 0.795. The Kier molecular flexibility index (Phi) is 6.33. The first kappa shape index (κ1) is 19.1. The van der Waals surface area contributed by atoms with Gasteiger partial charge in [-0.05, 0) is 54.8 Å². The molecule has 5 nitrogen and oxygen atoms in total. The van der Waals surface area contributed by atoms with Gasteiger partial charge in [-0.1, -0.05) is 38.1 Å². The third-order valence-corrected chi connectivity index (χ3v) is 5.41. The number of carbonyl (C=O) groups is 1. The Morgan fingerprint density at radius 3 is 2.36 bits per heavy atom. The van der Waals surface area contributed by atoms with Crippen LogP contribution in [0.2, 0.25) is 0 Å². The number of hydrogen-bond acceptors (Lipinski definition) is 3. The highest BCUT2D eigenvalue weighted by Crippen LogP contribution is 2.19. The summed E-state index contributed by atoms with van der Waals surface area (Å²) in [6.45, 7) is 4.22. The third-order valence-electron chi connectivity index (χ3n) is 3.98. The number of nitrogens with one attached hydrogen (secondary N) is 2. The van der Waals surface area contributed by atoms with Crippen LogP contribution in [0.25, 0.3) is 0 Å². The molecule has 134 valence electrons. The summed E-state index contributed by atoms with van der Waals surface area (Å²) in [5.41, 5.74) is 2.90.